The first-order chi connectivity index (χ1) is 8.13. The van der Waals surface area contributed by atoms with Crippen molar-refractivity contribution in [2.45, 2.75) is 6.10 Å². The Balaban J connectivity index is 2.22. The van der Waals surface area contributed by atoms with Crippen LogP contribution in [0.3, 0.4) is 0 Å². The Kier molecular flexibility index (Phi) is 5.61. The van der Waals surface area contributed by atoms with Gasteiger partial charge in [0.15, 0.2) is 0 Å². The number of nitrogens with one attached hydrogen (secondary N) is 2. The summed E-state index contributed by atoms with van der Waals surface area (Å²) in [6.07, 6.45) is -0.980. The Morgan fingerprint density at radius 3 is 2.76 bits per heavy atom. The molecule has 0 bridgehead atoms. The maximum atomic E-state index is 11.4. The smallest absolute Gasteiger partial charge is 0.261 e. The molecule has 7 heteroatoms. The van der Waals surface area contributed by atoms with E-state index in [0.29, 0.717) is 4.88 Å². The fraction of sp³-hybridized carbons (Fsp3) is 0.400. The van der Waals surface area contributed by atoms with Gasteiger partial charge in [0, 0.05) is 6.54 Å². The third-order valence-corrected chi connectivity index (χ3v) is 2.77. The van der Waals surface area contributed by atoms with E-state index in [9.17, 15) is 9.59 Å². The number of thiophene rings is 1. The highest BCUT2D eigenvalue weighted by atomic mass is 32.1. The lowest BCUT2D eigenvalue weighted by molar-refractivity contribution is -0.120. The molecule has 0 saturated carbocycles. The van der Waals surface area contributed by atoms with Gasteiger partial charge >= 0.3 is 0 Å². The summed E-state index contributed by atoms with van der Waals surface area (Å²) in [5, 5.41) is 24.1. The highest BCUT2D eigenvalue weighted by Gasteiger charge is 2.09. The fourth-order valence-corrected chi connectivity index (χ4v) is 1.65. The second-order valence-electron chi connectivity index (χ2n) is 3.30. The van der Waals surface area contributed by atoms with Crippen LogP contribution in [-0.2, 0) is 4.79 Å². The zero-order valence-corrected chi connectivity index (χ0v) is 9.87. The number of aliphatic hydroxyl groups is 2. The van der Waals surface area contributed by atoms with E-state index in [1.165, 1.54) is 11.3 Å². The van der Waals surface area contributed by atoms with Crippen LogP contribution >= 0.6 is 11.3 Å². The largest absolute Gasteiger partial charge is 0.394 e. The topological polar surface area (TPSA) is 98.7 Å². The first-order valence-electron chi connectivity index (χ1n) is 5.00. The van der Waals surface area contributed by atoms with Crippen molar-refractivity contribution in [3.8, 4) is 0 Å². The van der Waals surface area contributed by atoms with Gasteiger partial charge in [0.2, 0.25) is 5.91 Å². The van der Waals surface area contributed by atoms with Crippen molar-refractivity contribution in [3.05, 3.63) is 22.4 Å². The minimum absolute atomic E-state index is 0.0375. The molecule has 0 aliphatic carbocycles. The van der Waals surface area contributed by atoms with Crippen LogP contribution in [0.5, 0.6) is 0 Å². The predicted octanol–water partition coefficient (Wildman–Crippen LogP) is -1.05. The standard InChI is InChI=1S/C10H14N2O4S/c13-6-7(14)4-11-9(15)5-12-10(16)8-2-1-3-17-8/h1-3,7,13-14H,4-6H2,(H,11,15)(H,12,16). The van der Waals surface area contributed by atoms with E-state index in [2.05, 4.69) is 10.6 Å². The van der Waals surface area contributed by atoms with E-state index in [4.69, 9.17) is 10.2 Å². The fourth-order valence-electron chi connectivity index (χ4n) is 1.01. The monoisotopic (exact) mass is 258 g/mol. The van der Waals surface area contributed by atoms with Crippen molar-refractivity contribution >= 4 is 23.2 Å². The summed E-state index contributed by atoms with van der Waals surface area (Å²) in [6, 6.07) is 3.41. The van der Waals surface area contributed by atoms with E-state index in [1.54, 1.807) is 17.5 Å². The van der Waals surface area contributed by atoms with Crippen molar-refractivity contribution in [2.75, 3.05) is 19.7 Å². The van der Waals surface area contributed by atoms with Crippen LogP contribution < -0.4 is 10.6 Å². The molecule has 17 heavy (non-hydrogen) atoms. The van der Waals surface area contributed by atoms with Crippen LogP contribution in [0.4, 0.5) is 0 Å². The average Bonchev–Trinajstić information content (AvgIpc) is 2.86. The average molecular weight is 258 g/mol. The first kappa shape index (κ1) is 13.6. The van der Waals surface area contributed by atoms with Gasteiger partial charge in [-0.15, -0.1) is 11.3 Å². The number of carbonyl (C=O) groups is 2. The van der Waals surface area contributed by atoms with Gasteiger partial charge in [-0.25, -0.2) is 0 Å². The molecule has 1 aromatic rings. The van der Waals surface area contributed by atoms with Gasteiger partial charge in [-0.1, -0.05) is 6.07 Å². The summed E-state index contributed by atoms with van der Waals surface area (Å²) in [6.45, 7) is -0.610. The van der Waals surface area contributed by atoms with Crippen LogP contribution in [0.15, 0.2) is 17.5 Å². The molecule has 1 aromatic heterocycles. The van der Waals surface area contributed by atoms with Gasteiger partial charge in [0.1, 0.15) is 0 Å². The highest BCUT2D eigenvalue weighted by Crippen LogP contribution is 2.07. The number of aliphatic hydroxyl groups excluding tert-OH is 2. The number of carbonyl (C=O) groups excluding carboxylic acids is 2. The van der Waals surface area contributed by atoms with Gasteiger partial charge in [-0.3, -0.25) is 9.59 Å². The minimum atomic E-state index is -0.980. The molecule has 1 heterocycles. The molecule has 0 aliphatic heterocycles. The van der Waals surface area contributed by atoms with Gasteiger partial charge in [-0.2, -0.15) is 0 Å². The lowest BCUT2D eigenvalue weighted by Crippen LogP contribution is -2.40. The van der Waals surface area contributed by atoms with Crippen molar-refractivity contribution in [3.63, 3.8) is 0 Å². The third-order valence-electron chi connectivity index (χ3n) is 1.90. The molecule has 0 fully saturated rings. The van der Waals surface area contributed by atoms with E-state index in [1.807, 2.05) is 0 Å². The van der Waals surface area contributed by atoms with Crippen molar-refractivity contribution in [1.29, 1.82) is 0 Å². The van der Waals surface area contributed by atoms with E-state index in [-0.39, 0.29) is 19.0 Å². The number of hydrogen-bond donors (Lipinski definition) is 4. The SMILES string of the molecule is O=C(CNC(=O)c1cccs1)NCC(O)CO. The van der Waals surface area contributed by atoms with Crippen molar-refractivity contribution in [2.24, 2.45) is 0 Å². The molecule has 1 unspecified atom stereocenters. The highest BCUT2D eigenvalue weighted by molar-refractivity contribution is 7.12. The molecule has 1 atom stereocenters. The zero-order valence-electron chi connectivity index (χ0n) is 9.05. The minimum Gasteiger partial charge on any atom is -0.394 e. The summed E-state index contributed by atoms with van der Waals surface area (Å²) < 4.78 is 0. The summed E-state index contributed by atoms with van der Waals surface area (Å²) in [7, 11) is 0. The lowest BCUT2D eigenvalue weighted by Gasteiger charge is -2.09. The van der Waals surface area contributed by atoms with E-state index < -0.39 is 18.6 Å². The molecule has 0 radical (unpaired) electrons. The second-order valence-corrected chi connectivity index (χ2v) is 4.25. The first-order valence-corrected chi connectivity index (χ1v) is 5.88. The van der Waals surface area contributed by atoms with Crippen molar-refractivity contribution < 1.29 is 19.8 Å². The Hall–Kier alpha value is -1.44. The van der Waals surface area contributed by atoms with Crippen LogP contribution in [0, 0.1) is 0 Å². The molecule has 0 aliphatic rings. The summed E-state index contributed by atoms with van der Waals surface area (Å²) >= 11 is 1.29. The molecule has 0 aromatic carbocycles. The number of amides is 2. The summed E-state index contributed by atoms with van der Waals surface area (Å²) in [4.78, 5) is 23.2. The van der Waals surface area contributed by atoms with Crippen LogP contribution in [0.2, 0.25) is 0 Å². The quantitative estimate of drug-likeness (QED) is 0.523. The zero-order chi connectivity index (χ0) is 12.7. The van der Waals surface area contributed by atoms with E-state index in [0.717, 1.165) is 0 Å². The normalized spacial score (nSPS) is 11.9. The molecule has 1 rings (SSSR count). The van der Waals surface area contributed by atoms with Crippen LogP contribution in [0.1, 0.15) is 9.67 Å². The molecule has 0 saturated heterocycles. The van der Waals surface area contributed by atoms with Gasteiger partial charge in [0.25, 0.3) is 5.91 Å². The molecule has 4 N–H and O–H groups in total. The molecular formula is C10H14N2O4S. The molecule has 6 nitrogen and oxygen atoms in total. The third kappa shape index (κ3) is 4.94. The number of rotatable bonds is 6. The Labute approximate surface area is 102 Å². The van der Waals surface area contributed by atoms with Gasteiger partial charge in [0.05, 0.1) is 24.1 Å². The van der Waals surface area contributed by atoms with Crippen LogP contribution in [0.25, 0.3) is 0 Å². The Morgan fingerprint density at radius 2 is 2.18 bits per heavy atom. The van der Waals surface area contributed by atoms with Crippen molar-refractivity contribution in [1.82, 2.24) is 10.6 Å². The van der Waals surface area contributed by atoms with Gasteiger partial charge in [-0.05, 0) is 11.4 Å². The summed E-state index contributed by atoms with van der Waals surface area (Å²) in [5.74, 6) is -0.722. The Bertz CT molecular complexity index is 366. The van der Waals surface area contributed by atoms with E-state index >= 15 is 0 Å². The molecule has 2 amide bonds. The second kappa shape index (κ2) is 7.00. The Morgan fingerprint density at radius 1 is 1.41 bits per heavy atom. The lowest BCUT2D eigenvalue weighted by atomic mass is 10.3. The molecule has 94 valence electrons. The molecular weight excluding hydrogens is 244 g/mol. The maximum absolute atomic E-state index is 11.4. The maximum Gasteiger partial charge on any atom is 0.261 e. The summed E-state index contributed by atoms with van der Waals surface area (Å²) in [5.41, 5.74) is 0. The van der Waals surface area contributed by atoms with Crippen LogP contribution in [-0.4, -0.2) is 47.8 Å². The number of hydrogen-bond acceptors (Lipinski definition) is 5. The molecule has 0 spiro atoms. The predicted molar refractivity (Wildman–Crippen MR) is 62.8 cm³/mol. The van der Waals surface area contributed by atoms with Gasteiger partial charge < -0.3 is 20.8 Å².